The number of carbonyl (C=O) groups is 2. The zero-order valence-corrected chi connectivity index (χ0v) is 19.2. The highest BCUT2D eigenvalue weighted by atomic mass is 32.2. The van der Waals surface area contributed by atoms with Crippen molar-refractivity contribution in [3.05, 3.63) is 45.8 Å². The SMILES string of the molecule is CCOC(=O)c1c(NC(=O)CSc2nnc(-c3ccc(C)cc3)n2C)sc(C)c1C. The van der Waals surface area contributed by atoms with Gasteiger partial charge in [-0.25, -0.2) is 4.79 Å². The average Bonchev–Trinajstić information content (AvgIpc) is 3.20. The van der Waals surface area contributed by atoms with Gasteiger partial charge in [-0.15, -0.1) is 21.5 Å². The number of carbonyl (C=O) groups excluding carboxylic acids is 2. The van der Waals surface area contributed by atoms with Gasteiger partial charge in [0.1, 0.15) is 5.00 Å². The van der Waals surface area contributed by atoms with Crippen LogP contribution in [-0.4, -0.2) is 39.0 Å². The molecule has 0 aliphatic carbocycles. The third-order valence-corrected chi connectivity index (χ3v) is 6.74. The Bertz CT molecular complexity index is 1070. The summed E-state index contributed by atoms with van der Waals surface area (Å²) < 4.78 is 7.00. The van der Waals surface area contributed by atoms with Crippen LogP contribution in [0, 0.1) is 20.8 Å². The third-order valence-electron chi connectivity index (χ3n) is 4.59. The molecular weight excluding hydrogens is 420 g/mol. The summed E-state index contributed by atoms with van der Waals surface area (Å²) in [5, 5.41) is 12.5. The minimum Gasteiger partial charge on any atom is -0.462 e. The predicted octanol–water partition coefficient (Wildman–Crippen LogP) is 4.38. The number of thiophene rings is 1. The molecule has 9 heteroatoms. The van der Waals surface area contributed by atoms with Gasteiger partial charge in [-0.2, -0.15) is 0 Å². The molecule has 0 unspecified atom stereocenters. The summed E-state index contributed by atoms with van der Waals surface area (Å²) in [6.07, 6.45) is 0. The normalized spacial score (nSPS) is 10.8. The minimum absolute atomic E-state index is 0.151. The van der Waals surface area contributed by atoms with Gasteiger partial charge in [0, 0.05) is 17.5 Å². The van der Waals surface area contributed by atoms with Crippen LogP contribution >= 0.6 is 23.1 Å². The maximum atomic E-state index is 12.5. The van der Waals surface area contributed by atoms with Gasteiger partial charge in [0.25, 0.3) is 0 Å². The topological polar surface area (TPSA) is 86.1 Å². The number of hydrogen-bond acceptors (Lipinski definition) is 7. The number of anilines is 1. The first kappa shape index (κ1) is 22.0. The van der Waals surface area contributed by atoms with E-state index in [1.165, 1.54) is 28.7 Å². The van der Waals surface area contributed by atoms with Gasteiger partial charge in [0.15, 0.2) is 11.0 Å². The molecule has 2 aromatic heterocycles. The molecule has 1 amide bonds. The van der Waals surface area contributed by atoms with Gasteiger partial charge in [-0.3, -0.25) is 4.79 Å². The summed E-state index contributed by atoms with van der Waals surface area (Å²) >= 11 is 2.67. The Hall–Kier alpha value is -2.65. The first-order chi connectivity index (χ1) is 14.3. The Morgan fingerprint density at radius 1 is 1.17 bits per heavy atom. The highest BCUT2D eigenvalue weighted by Crippen LogP contribution is 2.33. The van der Waals surface area contributed by atoms with E-state index in [9.17, 15) is 9.59 Å². The molecule has 0 fully saturated rings. The highest BCUT2D eigenvalue weighted by molar-refractivity contribution is 7.99. The van der Waals surface area contributed by atoms with Gasteiger partial charge >= 0.3 is 5.97 Å². The molecule has 7 nitrogen and oxygen atoms in total. The van der Waals surface area contributed by atoms with Crippen molar-refractivity contribution >= 4 is 40.0 Å². The van der Waals surface area contributed by atoms with Gasteiger partial charge in [0.05, 0.1) is 17.9 Å². The number of nitrogens with zero attached hydrogens (tertiary/aromatic N) is 3. The first-order valence-electron chi connectivity index (χ1n) is 9.48. The Balaban J connectivity index is 1.68. The smallest absolute Gasteiger partial charge is 0.341 e. The monoisotopic (exact) mass is 444 g/mol. The lowest BCUT2D eigenvalue weighted by Gasteiger charge is -2.07. The molecule has 0 aliphatic rings. The number of nitrogens with one attached hydrogen (secondary N) is 1. The van der Waals surface area contributed by atoms with Crippen molar-refractivity contribution in [3.63, 3.8) is 0 Å². The Kier molecular flexibility index (Phi) is 6.94. The number of rotatable bonds is 7. The zero-order chi connectivity index (χ0) is 21.8. The average molecular weight is 445 g/mol. The molecule has 3 rings (SSSR count). The number of aryl methyl sites for hydroxylation is 2. The molecule has 30 heavy (non-hydrogen) atoms. The predicted molar refractivity (Wildman–Crippen MR) is 120 cm³/mol. The summed E-state index contributed by atoms with van der Waals surface area (Å²) in [5.41, 5.74) is 3.40. The van der Waals surface area contributed by atoms with Gasteiger partial charge in [0.2, 0.25) is 5.91 Å². The standard InChI is InChI=1S/C21H24N4O3S2/c1-6-28-20(27)17-13(3)14(4)30-19(17)22-16(26)11-29-21-24-23-18(25(21)5)15-9-7-12(2)8-10-15/h7-10H,6,11H2,1-5H3,(H,22,26). The summed E-state index contributed by atoms with van der Waals surface area (Å²) in [6.45, 7) is 7.84. The molecule has 3 aromatic rings. The van der Waals surface area contributed by atoms with Crippen molar-refractivity contribution in [1.82, 2.24) is 14.8 Å². The van der Waals surface area contributed by atoms with E-state index >= 15 is 0 Å². The Morgan fingerprint density at radius 2 is 1.87 bits per heavy atom. The van der Waals surface area contributed by atoms with Crippen molar-refractivity contribution in [2.75, 3.05) is 17.7 Å². The van der Waals surface area contributed by atoms with E-state index in [0.29, 0.717) is 15.7 Å². The molecule has 1 N–H and O–H groups in total. The maximum absolute atomic E-state index is 12.5. The summed E-state index contributed by atoms with van der Waals surface area (Å²) in [7, 11) is 1.88. The van der Waals surface area contributed by atoms with E-state index in [1.54, 1.807) is 6.92 Å². The summed E-state index contributed by atoms with van der Waals surface area (Å²) in [5.74, 6) is 0.259. The van der Waals surface area contributed by atoms with Gasteiger partial charge < -0.3 is 14.6 Å². The maximum Gasteiger partial charge on any atom is 0.341 e. The van der Waals surface area contributed by atoms with Crippen molar-refractivity contribution in [1.29, 1.82) is 0 Å². The van der Waals surface area contributed by atoms with Crippen molar-refractivity contribution in [2.45, 2.75) is 32.9 Å². The largest absolute Gasteiger partial charge is 0.462 e. The number of thioether (sulfide) groups is 1. The molecule has 158 valence electrons. The van der Waals surface area contributed by atoms with Crippen LogP contribution in [0.25, 0.3) is 11.4 Å². The fourth-order valence-electron chi connectivity index (χ4n) is 2.85. The van der Waals surface area contributed by atoms with Crippen molar-refractivity contribution in [2.24, 2.45) is 7.05 Å². The van der Waals surface area contributed by atoms with Crippen LogP contribution < -0.4 is 5.32 Å². The van der Waals surface area contributed by atoms with Crippen LogP contribution in [0.15, 0.2) is 29.4 Å². The molecular formula is C21H24N4O3S2. The second kappa shape index (κ2) is 9.44. The fourth-order valence-corrected chi connectivity index (χ4v) is 4.63. The molecule has 0 aliphatic heterocycles. The number of aromatic nitrogens is 3. The van der Waals surface area contributed by atoms with E-state index in [2.05, 4.69) is 15.5 Å². The zero-order valence-electron chi connectivity index (χ0n) is 17.6. The summed E-state index contributed by atoms with van der Waals surface area (Å²) in [4.78, 5) is 25.8. The fraction of sp³-hybridized carbons (Fsp3) is 0.333. The van der Waals surface area contributed by atoms with E-state index in [4.69, 9.17) is 4.74 Å². The quantitative estimate of drug-likeness (QED) is 0.430. The lowest BCUT2D eigenvalue weighted by Crippen LogP contribution is -2.16. The van der Waals surface area contributed by atoms with Gasteiger partial charge in [-0.05, 0) is 33.3 Å². The molecule has 2 heterocycles. The van der Waals surface area contributed by atoms with Crippen LogP contribution in [-0.2, 0) is 16.6 Å². The molecule has 0 spiro atoms. The second-order valence-corrected chi connectivity index (χ2v) is 8.94. The van der Waals surface area contributed by atoms with E-state index in [0.717, 1.165) is 21.8 Å². The van der Waals surface area contributed by atoms with Crippen LogP contribution in [0.2, 0.25) is 0 Å². The minimum atomic E-state index is -0.418. The second-order valence-electron chi connectivity index (χ2n) is 6.78. The summed E-state index contributed by atoms with van der Waals surface area (Å²) in [6, 6.07) is 8.05. The van der Waals surface area contributed by atoms with Gasteiger partial charge in [-0.1, -0.05) is 41.6 Å². The molecule has 0 saturated heterocycles. The molecule has 0 radical (unpaired) electrons. The lowest BCUT2D eigenvalue weighted by atomic mass is 10.1. The Labute approximate surface area is 183 Å². The van der Waals surface area contributed by atoms with Crippen molar-refractivity contribution in [3.8, 4) is 11.4 Å². The lowest BCUT2D eigenvalue weighted by molar-refractivity contribution is -0.113. The molecule has 0 atom stereocenters. The van der Waals surface area contributed by atoms with Crippen molar-refractivity contribution < 1.29 is 14.3 Å². The van der Waals surface area contributed by atoms with Crippen LogP contribution in [0.5, 0.6) is 0 Å². The molecule has 0 saturated carbocycles. The van der Waals surface area contributed by atoms with E-state index in [1.807, 2.05) is 56.7 Å². The first-order valence-corrected chi connectivity index (χ1v) is 11.3. The van der Waals surface area contributed by atoms with Crippen LogP contribution in [0.4, 0.5) is 5.00 Å². The van der Waals surface area contributed by atoms with Crippen LogP contribution in [0.1, 0.15) is 33.3 Å². The third kappa shape index (κ3) is 4.73. The van der Waals surface area contributed by atoms with Crippen LogP contribution in [0.3, 0.4) is 0 Å². The molecule has 1 aromatic carbocycles. The number of amides is 1. The van der Waals surface area contributed by atoms with E-state index < -0.39 is 5.97 Å². The number of ether oxygens (including phenoxy) is 1. The number of hydrogen-bond donors (Lipinski definition) is 1. The number of esters is 1. The van der Waals surface area contributed by atoms with E-state index in [-0.39, 0.29) is 18.3 Å². The highest BCUT2D eigenvalue weighted by Gasteiger charge is 2.22. The number of benzene rings is 1. The molecule has 0 bridgehead atoms. The Morgan fingerprint density at radius 3 is 2.53 bits per heavy atom.